The predicted octanol–water partition coefficient (Wildman–Crippen LogP) is 4.25. The molecule has 1 saturated carbocycles. The lowest BCUT2D eigenvalue weighted by Gasteiger charge is -2.27. The number of carbonyl (C=O) groups excluding carboxylic acids is 2. The number of nitrogens with one attached hydrogen (secondary N) is 1. The fourth-order valence-electron chi connectivity index (χ4n) is 4.64. The Morgan fingerprint density at radius 2 is 2.03 bits per heavy atom. The second-order valence-corrected chi connectivity index (χ2v) is 10.2. The van der Waals surface area contributed by atoms with E-state index in [-0.39, 0.29) is 17.7 Å². The minimum Gasteiger partial charge on any atom is -0.494 e. The first-order valence-corrected chi connectivity index (χ1v) is 11.7. The van der Waals surface area contributed by atoms with Crippen LogP contribution in [0.5, 0.6) is 5.75 Å². The summed E-state index contributed by atoms with van der Waals surface area (Å²) in [5, 5.41) is 8.63. The molecule has 1 N–H and O–H groups in total. The number of methoxy groups -OCH3 is 1. The van der Waals surface area contributed by atoms with Gasteiger partial charge in [-0.2, -0.15) is 0 Å². The number of benzene rings is 1. The molecule has 8 nitrogen and oxygen atoms in total. The summed E-state index contributed by atoms with van der Waals surface area (Å²) >= 11 is 0. The molecule has 1 aromatic heterocycles. The molecule has 0 unspecified atom stereocenters. The predicted molar refractivity (Wildman–Crippen MR) is 128 cm³/mol. The van der Waals surface area contributed by atoms with Gasteiger partial charge in [0, 0.05) is 34.8 Å². The maximum atomic E-state index is 13.5. The van der Waals surface area contributed by atoms with E-state index in [2.05, 4.69) is 6.07 Å². The largest absolute Gasteiger partial charge is 0.494 e. The molecule has 8 heteroatoms. The van der Waals surface area contributed by atoms with Crippen LogP contribution < -0.4 is 9.64 Å². The van der Waals surface area contributed by atoms with Crippen LogP contribution in [-0.2, 0) is 16.7 Å². The number of rotatable bonds is 6. The van der Waals surface area contributed by atoms with Gasteiger partial charge in [-0.05, 0) is 36.5 Å². The molecule has 1 saturated heterocycles. The third kappa shape index (κ3) is 3.91. The van der Waals surface area contributed by atoms with Crippen molar-refractivity contribution in [3.05, 3.63) is 52.3 Å². The Morgan fingerprint density at radius 3 is 2.65 bits per heavy atom. The van der Waals surface area contributed by atoms with Crippen LogP contribution in [0.1, 0.15) is 72.4 Å². The monoisotopic (exact) mass is 462 g/mol. The van der Waals surface area contributed by atoms with Gasteiger partial charge < -0.3 is 14.4 Å². The minimum atomic E-state index is -0.447. The van der Waals surface area contributed by atoms with Gasteiger partial charge in [0.15, 0.2) is 5.78 Å². The van der Waals surface area contributed by atoms with Crippen LogP contribution in [0, 0.1) is 5.41 Å². The topological polar surface area (TPSA) is 95.8 Å². The highest BCUT2D eigenvalue weighted by molar-refractivity contribution is 6.05. The van der Waals surface area contributed by atoms with Crippen molar-refractivity contribution in [2.45, 2.75) is 51.5 Å². The number of cyclic esters (lactones) is 1. The van der Waals surface area contributed by atoms with E-state index in [1.807, 2.05) is 32.9 Å². The fraction of sp³-hybridized carbons (Fsp3) is 0.462. The van der Waals surface area contributed by atoms with Gasteiger partial charge in [-0.25, -0.2) is 9.78 Å². The van der Waals surface area contributed by atoms with Crippen LogP contribution in [0.15, 0.2) is 24.3 Å². The lowest BCUT2D eigenvalue weighted by Crippen LogP contribution is -2.31. The number of nitrogens with zero attached hydrogens (tertiary/aromatic N) is 3. The molecule has 0 spiro atoms. The molecule has 1 aromatic carbocycles. The number of pyridine rings is 1. The number of fused-ring (bicyclic) bond motifs is 1. The van der Waals surface area contributed by atoms with Crippen molar-refractivity contribution in [3.63, 3.8) is 0 Å². The maximum Gasteiger partial charge on any atom is 0.414 e. The van der Waals surface area contributed by atoms with E-state index < -0.39 is 6.09 Å². The summed E-state index contributed by atoms with van der Waals surface area (Å²) in [5.74, 6) is 1.25. The second-order valence-electron chi connectivity index (χ2n) is 10.2. The number of Topliss-reactive ketones (excluding diaryl/α,β-unsaturated/α-hetero) is 1. The number of amidine groups is 1. The van der Waals surface area contributed by atoms with Crippen molar-refractivity contribution in [2.75, 3.05) is 31.7 Å². The molecule has 0 bridgehead atoms. The SMILES string of the molecule is COc1c(N2CCOC2=O)cc(C(=O)CN2Cc3ccc(C4CC4)nc3C2=N)cc1C(C)(C)C. The third-order valence-electron chi connectivity index (χ3n) is 6.69. The summed E-state index contributed by atoms with van der Waals surface area (Å²) in [6.07, 6.45) is 1.86. The number of carbonyl (C=O) groups is 2. The number of ether oxygens (including phenoxy) is 2. The second kappa shape index (κ2) is 8.11. The molecule has 5 rings (SSSR count). The number of amides is 1. The van der Waals surface area contributed by atoms with E-state index in [0.29, 0.717) is 54.1 Å². The zero-order valence-corrected chi connectivity index (χ0v) is 20.1. The number of hydrogen-bond acceptors (Lipinski definition) is 6. The average molecular weight is 463 g/mol. The number of hydrogen-bond donors (Lipinski definition) is 1. The molecular formula is C26H30N4O4. The Balaban J connectivity index is 1.45. The first-order chi connectivity index (χ1) is 16.2. The van der Waals surface area contributed by atoms with E-state index in [0.717, 1.165) is 29.7 Å². The van der Waals surface area contributed by atoms with Gasteiger partial charge in [-0.3, -0.25) is 15.1 Å². The maximum absolute atomic E-state index is 13.5. The molecule has 0 radical (unpaired) electrons. The third-order valence-corrected chi connectivity index (χ3v) is 6.69. The Morgan fingerprint density at radius 1 is 1.26 bits per heavy atom. The van der Waals surface area contributed by atoms with Gasteiger partial charge in [0.1, 0.15) is 23.9 Å². The van der Waals surface area contributed by atoms with Crippen LogP contribution in [0.25, 0.3) is 0 Å². The Kier molecular flexibility index (Phi) is 5.34. The molecular weight excluding hydrogens is 432 g/mol. The number of ketones is 1. The van der Waals surface area contributed by atoms with Crippen LogP contribution >= 0.6 is 0 Å². The number of aromatic nitrogens is 1. The summed E-state index contributed by atoms with van der Waals surface area (Å²) in [7, 11) is 1.57. The summed E-state index contributed by atoms with van der Waals surface area (Å²) < 4.78 is 10.9. The van der Waals surface area contributed by atoms with Crippen molar-refractivity contribution >= 4 is 23.4 Å². The lowest BCUT2D eigenvalue weighted by atomic mass is 9.84. The Bertz CT molecular complexity index is 1200. The molecule has 1 aliphatic carbocycles. The van der Waals surface area contributed by atoms with Gasteiger partial charge in [-0.1, -0.05) is 26.8 Å². The summed E-state index contributed by atoms with van der Waals surface area (Å²) in [4.78, 5) is 33.8. The van der Waals surface area contributed by atoms with Crippen molar-refractivity contribution in [1.82, 2.24) is 9.88 Å². The van der Waals surface area contributed by atoms with Gasteiger partial charge in [0.2, 0.25) is 0 Å². The highest BCUT2D eigenvalue weighted by Crippen LogP contribution is 2.42. The highest BCUT2D eigenvalue weighted by Gasteiger charge is 2.34. The smallest absolute Gasteiger partial charge is 0.414 e. The molecule has 3 aliphatic rings. The van der Waals surface area contributed by atoms with Gasteiger partial charge in [0.25, 0.3) is 0 Å². The zero-order chi connectivity index (χ0) is 24.2. The van der Waals surface area contributed by atoms with Crippen LogP contribution in [-0.4, -0.2) is 54.4 Å². The first-order valence-electron chi connectivity index (χ1n) is 11.7. The lowest BCUT2D eigenvalue weighted by molar-refractivity contribution is 0.0962. The molecule has 1 amide bonds. The normalized spacial score (nSPS) is 17.8. The Labute approximate surface area is 199 Å². The van der Waals surface area contributed by atoms with E-state index in [1.54, 1.807) is 18.1 Å². The molecule has 2 fully saturated rings. The van der Waals surface area contributed by atoms with Crippen molar-refractivity contribution in [3.8, 4) is 5.75 Å². The molecule has 3 heterocycles. The van der Waals surface area contributed by atoms with E-state index in [9.17, 15) is 9.59 Å². The van der Waals surface area contributed by atoms with Gasteiger partial charge in [0.05, 0.1) is 25.9 Å². The zero-order valence-electron chi connectivity index (χ0n) is 20.1. The summed E-state index contributed by atoms with van der Waals surface area (Å²) in [5.41, 5.74) is 4.25. The average Bonchev–Trinajstić information content (AvgIpc) is 3.50. The fourth-order valence-corrected chi connectivity index (χ4v) is 4.64. The van der Waals surface area contributed by atoms with Crippen LogP contribution in [0.4, 0.5) is 10.5 Å². The molecule has 2 aliphatic heterocycles. The summed E-state index contributed by atoms with van der Waals surface area (Å²) in [6.45, 7) is 7.38. The summed E-state index contributed by atoms with van der Waals surface area (Å²) in [6, 6.07) is 7.65. The van der Waals surface area contributed by atoms with Gasteiger partial charge >= 0.3 is 6.09 Å². The first kappa shape index (κ1) is 22.4. The van der Waals surface area contributed by atoms with E-state index >= 15 is 0 Å². The van der Waals surface area contributed by atoms with Crippen LogP contribution in [0.3, 0.4) is 0 Å². The standard InChI is InChI=1S/C26H30N4O4/c1-26(2,3)18-11-17(12-20(23(18)33-4)30-9-10-34-25(30)32)21(31)14-29-13-16-7-8-19(15-5-6-15)28-22(16)24(29)27/h7-8,11-12,15,27H,5-6,9-10,13-14H2,1-4H3. The molecule has 178 valence electrons. The van der Waals surface area contributed by atoms with Gasteiger partial charge in [-0.15, -0.1) is 0 Å². The highest BCUT2D eigenvalue weighted by atomic mass is 16.6. The van der Waals surface area contributed by atoms with Crippen molar-refractivity contribution in [1.29, 1.82) is 5.41 Å². The van der Waals surface area contributed by atoms with E-state index in [4.69, 9.17) is 19.9 Å². The van der Waals surface area contributed by atoms with Crippen LogP contribution in [0.2, 0.25) is 0 Å². The minimum absolute atomic E-state index is 0.0632. The molecule has 34 heavy (non-hydrogen) atoms. The molecule has 0 atom stereocenters. The quantitative estimate of drug-likeness (QED) is 0.645. The number of anilines is 1. The molecule has 2 aromatic rings. The van der Waals surface area contributed by atoms with Crippen molar-refractivity contribution in [2.24, 2.45) is 0 Å². The Hall–Kier alpha value is -3.42. The van der Waals surface area contributed by atoms with Crippen molar-refractivity contribution < 1.29 is 19.1 Å². The van der Waals surface area contributed by atoms with E-state index in [1.165, 1.54) is 4.90 Å².